The number of quaternary nitrogens is 2. The molecule has 0 saturated carbocycles. The molecule has 6 heterocycles. The minimum Gasteiger partial charge on any atom is -0.465 e. The molecular formula is C28H40N8O2+2. The number of fused-ring (bicyclic) bond motifs is 2. The van der Waals surface area contributed by atoms with Gasteiger partial charge in [0.2, 0.25) is 0 Å². The van der Waals surface area contributed by atoms with Crippen molar-refractivity contribution in [2.45, 2.75) is 25.9 Å². The second-order valence-electron chi connectivity index (χ2n) is 9.57. The van der Waals surface area contributed by atoms with E-state index in [0.717, 1.165) is 99.1 Å². The molecule has 0 unspecified atom stereocenters. The fourth-order valence-electron chi connectivity index (χ4n) is 4.38. The lowest BCUT2D eigenvalue weighted by molar-refractivity contribution is -0.658. The van der Waals surface area contributed by atoms with E-state index < -0.39 is 6.09 Å². The van der Waals surface area contributed by atoms with Gasteiger partial charge in [-0.3, -0.25) is 14.9 Å². The standard InChI is InChI=1S/C28H38N8O2/c37-28(38)36-16-14-29-10-2-12-31-18-22-6-8-24(33-20-22)26-4-1-5-27(35-26)25-9-7-23(21-34-25)19-32-13-3-11-30-15-17-36/h1,4-9,20-21,29-32H,2-3,10-19H2,(H,37,38)/p+2. The Hall–Kier alpha value is -3.44. The number of hydrogen-bond donors (Lipinski definition) is 5. The maximum Gasteiger partial charge on any atom is 0.407 e. The maximum atomic E-state index is 11.6. The van der Waals surface area contributed by atoms with Crippen LogP contribution in [0.4, 0.5) is 4.79 Å². The number of nitrogens with two attached hydrogens (primary N) is 2. The van der Waals surface area contributed by atoms with Crippen molar-refractivity contribution in [2.24, 2.45) is 0 Å². The lowest BCUT2D eigenvalue weighted by Crippen LogP contribution is -2.87. The summed E-state index contributed by atoms with van der Waals surface area (Å²) in [5, 5.41) is 20.8. The van der Waals surface area contributed by atoms with Crippen molar-refractivity contribution < 1.29 is 20.5 Å². The molecule has 1 amide bonds. The monoisotopic (exact) mass is 520 g/mol. The topological polar surface area (TPSA) is 136 Å². The molecule has 0 spiro atoms. The Balaban J connectivity index is 1.38. The Kier molecular flexibility index (Phi) is 11.0. The molecule has 0 aromatic carbocycles. The number of amides is 1. The zero-order valence-corrected chi connectivity index (χ0v) is 22.0. The molecular weight excluding hydrogens is 480 g/mol. The number of aromatic nitrogens is 3. The highest BCUT2D eigenvalue weighted by atomic mass is 16.4. The molecule has 7 N–H and O–H groups in total. The molecule has 6 bridgehead atoms. The van der Waals surface area contributed by atoms with Gasteiger partial charge in [0.15, 0.2) is 0 Å². The van der Waals surface area contributed by atoms with Crippen LogP contribution in [0.3, 0.4) is 0 Å². The Morgan fingerprint density at radius 2 is 1.26 bits per heavy atom. The minimum absolute atomic E-state index is 0.556. The molecule has 0 aliphatic carbocycles. The van der Waals surface area contributed by atoms with E-state index in [-0.39, 0.29) is 0 Å². The van der Waals surface area contributed by atoms with Crippen LogP contribution in [0.15, 0.2) is 54.9 Å². The van der Waals surface area contributed by atoms with Crippen LogP contribution in [0.1, 0.15) is 24.0 Å². The van der Waals surface area contributed by atoms with Gasteiger partial charge in [0.1, 0.15) is 0 Å². The van der Waals surface area contributed by atoms with Crippen molar-refractivity contribution in [3.63, 3.8) is 0 Å². The van der Waals surface area contributed by atoms with Crippen molar-refractivity contribution in [1.82, 2.24) is 30.5 Å². The predicted molar refractivity (Wildman–Crippen MR) is 146 cm³/mol. The molecule has 0 saturated heterocycles. The van der Waals surface area contributed by atoms with Crippen molar-refractivity contribution in [3.8, 4) is 22.8 Å². The summed E-state index contributed by atoms with van der Waals surface area (Å²) in [6.45, 7) is 7.94. The highest BCUT2D eigenvalue weighted by molar-refractivity contribution is 5.64. The lowest BCUT2D eigenvalue weighted by atomic mass is 10.1. The second kappa shape index (κ2) is 15.1. The van der Waals surface area contributed by atoms with Crippen LogP contribution in [0.2, 0.25) is 0 Å². The average molecular weight is 521 g/mol. The largest absolute Gasteiger partial charge is 0.465 e. The van der Waals surface area contributed by atoms with E-state index >= 15 is 0 Å². The summed E-state index contributed by atoms with van der Waals surface area (Å²) < 4.78 is 0. The van der Waals surface area contributed by atoms with Crippen molar-refractivity contribution in [2.75, 3.05) is 52.4 Å². The third-order valence-corrected chi connectivity index (χ3v) is 6.58. The maximum absolute atomic E-state index is 11.6. The highest BCUT2D eigenvalue weighted by Gasteiger charge is 2.12. The van der Waals surface area contributed by atoms with Gasteiger partial charge in [-0.25, -0.2) is 9.78 Å². The molecule has 6 rings (SSSR count). The zero-order valence-electron chi connectivity index (χ0n) is 22.0. The van der Waals surface area contributed by atoms with Crippen molar-refractivity contribution in [3.05, 3.63) is 66.0 Å². The van der Waals surface area contributed by atoms with Gasteiger partial charge in [-0.1, -0.05) is 18.2 Å². The molecule has 0 fully saturated rings. The van der Waals surface area contributed by atoms with Gasteiger partial charge in [0, 0.05) is 51.4 Å². The molecule has 3 aromatic heterocycles. The first-order valence-corrected chi connectivity index (χ1v) is 13.6. The van der Waals surface area contributed by atoms with Crippen LogP contribution in [0, 0.1) is 0 Å². The Morgan fingerprint density at radius 1 is 0.737 bits per heavy atom. The van der Waals surface area contributed by atoms with Gasteiger partial charge < -0.3 is 26.4 Å². The first-order valence-electron chi connectivity index (χ1n) is 13.6. The fraction of sp³-hybridized carbons (Fsp3) is 0.429. The minimum atomic E-state index is -0.836. The molecule has 3 aliphatic rings. The number of pyridine rings is 3. The number of nitrogens with zero attached hydrogens (tertiary/aromatic N) is 4. The van der Waals surface area contributed by atoms with Gasteiger partial charge in [0.05, 0.1) is 62.0 Å². The predicted octanol–water partition coefficient (Wildman–Crippen LogP) is 0.285. The molecule has 10 nitrogen and oxygen atoms in total. The molecule has 3 aromatic rings. The molecule has 10 heteroatoms. The molecule has 0 atom stereocenters. The highest BCUT2D eigenvalue weighted by Crippen LogP contribution is 2.20. The average Bonchev–Trinajstić information content (AvgIpc) is 2.94. The summed E-state index contributed by atoms with van der Waals surface area (Å²) in [5.41, 5.74) is 5.59. The van der Waals surface area contributed by atoms with E-state index in [4.69, 9.17) is 4.98 Å². The van der Waals surface area contributed by atoms with Crippen LogP contribution in [0.5, 0.6) is 0 Å². The molecule has 0 radical (unpaired) electrons. The summed E-state index contributed by atoms with van der Waals surface area (Å²) in [7, 11) is 0. The summed E-state index contributed by atoms with van der Waals surface area (Å²) >= 11 is 0. The first kappa shape index (κ1) is 27.6. The van der Waals surface area contributed by atoms with Crippen LogP contribution >= 0.6 is 0 Å². The third kappa shape index (κ3) is 8.84. The van der Waals surface area contributed by atoms with E-state index in [1.54, 1.807) is 0 Å². The zero-order chi connectivity index (χ0) is 26.4. The summed E-state index contributed by atoms with van der Waals surface area (Å²) in [6.07, 6.45) is 5.00. The van der Waals surface area contributed by atoms with Gasteiger partial charge in [-0.15, -0.1) is 0 Å². The lowest BCUT2D eigenvalue weighted by Gasteiger charge is -2.17. The van der Waals surface area contributed by atoms with Crippen molar-refractivity contribution >= 4 is 6.09 Å². The normalized spacial score (nSPS) is 17.0. The molecule has 202 valence electrons. The van der Waals surface area contributed by atoms with Gasteiger partial charge >= 0.3 is 6.09 Å². The van der Waals surface area contributed by atoms with Crippen LogP contribution in [-0.2, 0) is 13.1 Å². The van der Waals surface area contributed by atoms with Gasteiger partial charge in [-0.05, 0) is 35.4 Å². The SMILES string of the molecule is O=C(O)N1CC[NH2+]CCCNCc2ccc(nc2)-c2cccc(n2)-c2ccc(cn2)CNCCC[NH2+]CC1. The van der Waals surface area contributed by atoms with Crippen LogP contribution in [-0.4, -0.2) is 83.4 Å². The third-order valence-electron chi connectivity index (χ3n) is 6.58. The van der Waals surface area contributed by atoms with E-state index in [1.165, 1.54) is 4.90 Å². The molecule has 38 heavy (non-hydrogen) atoms. The number of nitrogens with one attached hydrogen (secondary N) is 2. The van der Waals surface area contributed by atoms with Gasteiger partial charge in [-0.2, -0.15) is 0 Å². The fourth-order valence-corrected chi connectivity index (χ4v) is 4.38. The summed E-state index contributed by atoms with van der Waals surface area (Å²) in [4.78, 5) is 27.2. The Morgan fingerprint density at radius 3 is 1.71 bits per heavy atom. The number of hydrogen-bond acceptors (Lipinski definition) is 6. The van der Waals surface area contributed by atoms with Gasteiger partial charge in [0.25, 0.3) is 0 Å². The van der Waals surface area contributed by atoms with E-state index in [9.17, 15) is 9.90 Å². The number of carboxylic acid groups (broad SMARTS) is 1. The van der Waals surface area contributed by atoms with Crippen LogP contribution < -0.4 is 21.3 Å². The number of carbonyl (C=O) groups is 1. The Labute approximate surface area is 224 Å². The van der Waals surface area contributed by atoms with Crippen LogP contribution in [0.25, 0.3) is 22.8 Å². The molecule has 3 aliphatic heterocycles. The quantitative estimate of drug-likeness (QED) is 0.287. The summed E-state index contributed by atoms with van der Waals surface area (Å²) in [5.74, 6) is 0. The van der Waals surface area contributed by atoms with Crippen molar-refractivity contribution in [1.29, 1.82) is 0 Å². The summed E-state index contributed by atoms with van der Waals surface area (Å²) in [6, 6.07) is 14.2. The Bertz CT molecular complexity index is 1050. The number of rotatable bonds is 0. The smallest absolute Gasteiger partial charge is 0.407 e. The second-order valence-corrected chi connectivity index (χ2v) is 9.57. The van der Waals surface area contributed by atoms with E-state index in [0.29, 0.717) is 13.1 Å². The first-order chi connectivity index (χ1) is 18.7. The van der Waals surface area contributed by atoms with E-state index in [2.05, 4.69) is 43.4 Å². The van der Waals surface area contributed by atoms with E-state index in [1.807, 2.05) is 42.7 Å².